The van der Waals surface area contributed by atoms with Crippen LogP contribution in [0.2, 0.25) is 0 Å². The van der Waals surface area contributed by atoms with E-state index in [-0.39, 0.29) is 6.10 Å². The van der Waals surface area contributed by atoms with Gasteiger partial charge in [-0.3, -0.25) is 4.98 Å². The fraction of sp³-hybridized carbons (Fsp3) is 0.667. The van der Waals surface area contributed by atoms with Crippen LogP contribution in [0.4, 0.5) is 0 Å². The molecule has 0 aromatic carbocycles. The van der Waals surface area contributed by atoms with Gasteiger partial charge in [-0.2, -0.15) is 0 Å². The summed E-state index contributed by atoms with van der Waals surface area (Å²) in [5.74, 6) is 0.669. The summed E-state index contributed by atoms with van der Waals surface area (Å²) in [6.07, 6.45) is 2.01. The van der Waals surface area contributed by atoms with Gasteiger partial charge in [-0.05, 0) is 31.0 Å². The van der Waals surface area contributed by atoms with Gasteiger partial charge < -0.3 is 14.8 Å². The molecule has 1 aromatic rings. The quantitative estimate of drug-likeness (QED) is 0.745. The number of methoxy groups -OCH3 is 1. The summed E-state index contributed by atoms with van der Waals surface area (Å²) >= 11 is 0. The Bertz CT molecular complexity index is 339. The van der Waals surface area contributed by atoms with Crippen LogP contribution in [0.1, 0.15) is 32.0 Å². The molecule has 0 saturated carbocycles. The number of nitrogens with one attached hydrogen (secondary N) is 1. The third-order valence-corrected chi connectivity index (χ3v) is 2.68. The number of rotatable bonds is 9. The summed E-state index contributed by atoms with van der Waals surface area (Å²) in [6, 6.07) is 4.12. The van der Waals surface area contributed by atoms with E-state index in [2.05, 4.69) is 30.2 Å². The van der Waals surface area contributed by atoms with Gasteiger partial charge >= 0.3 is 0 Å². The van der Waals surface area contributed by atoms with Crippen molar-refractivity contribution in [3.63, 3.8) is 0 Å². The van der Waals surface area contributed by atoms with Crippen LogP contribution in [0, 0.1) is 5.92 Å². The van der Waals surface area contributed by atoms with Crippen LogP contribution in [0.3, 0.4) is 0 Å². The van der Waals surface area contributed by atoms with E-state index in [1.54, 1.807) is 7.11 Å². The topological polar surface area (TPSA) is 43.4 Å². The van der Waals surface area contributed by atoms with Crippen molar-refractivity contribution in [3.8, 4) is 0 Å². The van der Waals surface area contributed by atoms with E-state index in [4.69, 9.17) is 9.47 Å². The summed E-state index contributed by atoms with van der Waals surface area (Å²) < 4.78 is 10.6. The molecular formula is C15H26N2O2. The Labute approximate surface area is 116 Å². The van der Waals surface area contributed by atoms with E-state index in [9.17, 15) is 0 Å². The third kappa shape index (κ3) is 7.25. The van der Waals surface area contributed by atoms with E-state index in [1.165, 1.54) is 5.56 Å². The summed E-state index contributed by atoms with van der Waals surface area (Å²) in [5.41, 5.74) is 2.16. The average molecular weight is 266 g/mol. The van der Waals surface area contributed by atoms with Crippen molar-refractivity contribution in [1.82, 2.24) is 10.3 Å². The van der Waals surface area contributed by atoms with Gasteiger partial charge in [0.1, 0.15) is 0 Å². The van der Waals surface area contributed by atoms with Crippen molar-refractivity contribution in [2.75, 3.05) is 20.3 Å². The lowest BCUT2D eigenvalue weighted by molar-refractivity contribution is -0.00137. The first-order valence-corrected chi connectivity index (χ1v) is 6.87. The monoisotopic (exact) mass is 266 g/mol. The van der Waals surface area contributed by atoms with Crippen molar-refractivity contribution in [2.45, 2.75) is 40.0 Å². The Balaban J connectivity index is 2.30. The van der Waals surface area contributed by atoms with Crippen molar-refractivity contribution in [1.29, 1.82) is 0 Å². The molecule has 108 valence electrons. The average Bonchev–Trinajstić information content (AvgIpc) is 2.38. The van der Waals surface area contributed by atoms with Crippen LogP contribution >= 0.6 is 0 Å². The molecule has 0 aliphatic heterocycles. The normalized spacial score (nSPS) is 12.9. The Morgan fingerprint density at radius 2 is 2.05 bits per heavy atom. The van der Waals surface area contributed by atoms with E-state index in [0.717, 1.165) is 18.8 Å². The molecule has 0 aliphatic carbocycles. The van der Waals surface area contributed by atoms with Gasteiger partial charge in [0.05, 0.1) is 25.0 Å². The first kappa shape index (κ1) is 16.1. The van der Waals surface area contributed by atoms with Crippen LogP contribution in [0.25, 0.3) is 0 Å². The highest BCUT2D eigenvalue weighted by Gasteiger charge is 2.03. The number of pyridine rings is 1. The Morgan fingerprint density at radius 3 is 2.63 bits per heavy atom. The maximum Gasteiger partial charge on any atom is 0.0892 e. The van der Waals surface area contributed by atoms with Gasteiger partial charge in [-0.1, -0.05) is 19.9 Å². The molecule has 1 unspecified atom stereocenters. The zero-order chi connectivity index (χ0) is 14.1. The Hall–Kier alpha value is -0.970. The Morgan fingerprint density at radius 1 is 1.26 bits per heavy atom. The molecular weight excluding hydrogens is 240 g/mol. The van der Waals surface area contributed by atoms with Crippen molar-refractivity contribution >= 4 is 0 Å². The second-order valence-corrected chi connectivity index (χ2v) is 5.26. The van der Waals surface area contributed by atoms with Crippen LogP contribution < -0.4 is 5.32 Å². The highest BCUT2D eigenvalue weighted by Crippen LogP contribution is 2.04. The molecule has 19 heavy (non-hydrogen) atoms. The highest BCUT2D eigenvalue weighted by atomic mass is 16.5. The molecule has 0 saturated heterocycles. The third-order valence-electron chi connectivity index (χ3n) is 2.68. The lowest BCUT2D eigenvalue weighted by atomic mass is 10.2. The van der Waals surface area contributed by atoms with Crippen molar-refractivity contribution in [3.05, 3.63) is 29.6 Å². The molecule has 4 nitrogen and oxygen atoms in total. The minimum Gasteiger partial charge on any atom is -0.382 e. The van der Waals surface area contributed by atoms with Gasteiger partial charge in [-0.25, -0.2) is 0 Å². The number of hydrogen-bond donors (Lipinski definition) is 1. The molecule has 1 atom stereocenters. The molecule has 0 radical (unpaired) electrons. The zero-order valence-corrected chi connectivity index (χ0v) is 12.5. The van der Waals surface area contributed by atoms with E-state index in [0.29, 0.717) is 19.1 Å². The fourth-order valence-electron chi connectivity index (χ4n) is 1.66. The summed E-state index contributed by atoms with van der Waals surface area (Å²) in [4.78, 5) is 4.40. The van der Waals surface area contributed by atoms with Crippen molar-refractivity contribution < 1.29 is 9.47 Å². The van der Waals surface area contributed by atoms with Gasteiger partial charge in [0.15, 0.2) is 0 Å². The van der Waals surface area contributed by atoms with Crippen molar-refractivity contribution in [2.24, 2.45) is 5.92 Å². The number of ether oxygens (including phenoxy) is 2. The summed E-state index contributed by atoms with van der Waals surface area (Å²) in [6.45, 7) is 9.43. The number of nitrogens with zero attached hydrogens (tertiary/aromatic N) is 1. The molecule has 1 aromatic heterocycles. The standard InChI is InChI=1S/C15H26N2O2/c1-12(2)7-16-8-14-5-6-15(17-9-14)11-19-13(3)10-18-4/h5-6,9,12-13,16H,7-8,10-11H2,1-4H3. The van der Waals surface area contributed by atoms with Gasteiger partial charge in [0, 0.05) is 19.9 Å². The lowest BCUT2D eigenvalue weighted by Gasteiger charge is -2.12. The minimum atomic E-state index is 0.0965. The van der Waals surface area contributed by atoms with E-state index >= 15 is 0 Å². The summed E-state index contributed by atoms with van der Waals surface area (Å²) in [5, 5.41) is 3.40. The minimum absolute atomic E-state index is 0.0965. The summed E-state index contributed by atoms with van der Waals surface area (Å²) in [7, 11) is 1.68. The lowest BCUT2D eigenvalue weighted by Crippen LogP contribution is -2.19. The predicted octanol–water partition coefficient (Wildman–Crippen LogP) is 2.38. The second-order valence-electron chi connectivity index (χ2n) is 5.26. The molecule has 0 aliphatic rings. The van der Waals surface area contributed by atoms with Gasteiger partial charge in [0.2, 0.25) is 0 Å². The molecule has 1 rings (SSSR count). The molecule has 0 amide bonds. The molecule has 1 N–H and O–H groups in total. The maximum absolute atomic E-state index is 5.62. The molecule has 4 heteroatoms. The molecule has 0 bridgehead atoms. The molecule has 0 fully saturated rings. The van der Waals surface area contributed by atoms with Gasteiger partial charge in [-0.15, -0.1) is 0 Å². The smallest absolute Gasteiger partial charge is 0.0892 e. The van der Waals surface area contributed by atoms with Crippen LogP contribution in [0.5, 0.6) is 0 Å². The van der Waals surface area contributed by atoms with Crippen LogP contribution in [0.15, 0.2) is 18.3 Å². The highest BCUT2D eigenvalue weighted by molar-refractivity contribution is 5.13. The zero-order valence-electron chi connectivity index (χ0n) is 12.5. The Kier molecular flexibility index (Phi) is 7.63. The predicted molar refractivity (Wildman–Crippen MR) is 76.9 cm³/mol. The second kappa shape index (κ2) is 9.02. The first-order valence-electron chi connectivity index (χ1n) is 6.87. The molecule has 0 spiro atoms. The first-order chi connectivity index (χ1) is 9.11. The van der Waals surface area contributed by atoms with E-state index in [1.807, 2.05) is 19.2 Å². The van der Waals surface area contributed by atoms with Crippen LogP contribution in [-0.4, -0.2) is 31.3 Å². The van der Waals surface area contributed by atoms with Gasteiger partial charge in [0.25, 0.3) is 0 Å². The fourth-order valence-corrected chi connectivity index (χ4v) is 1.66. The van der Waals surface area contributed by atoms with Crippen LogP contribution in [-0.2, 0) is 22.6 Å². The number of hydrogen-bond acceptors (Lipinski definition) is 4. The molecule has 1 heterocycles. The number of aromatic nitrogens is 1. The SMILES string of the molecule is COCC(C)OCc1ccc(CNCC(C)C)cn1. The maximum atomic E-state index is 5.62. The largest absolute Gasteiger partial charge is 0.382 e. The van der Waals surface area contributed by atoms with E-state index < -0.39 is 0 Å².